The summed E-state index contributed by atoms with van der Waals surface area (Å²) in [6, 6.07) is 15.2. The molecule has 1 N–H and O–H groups in total. The van der Waals surface area contributed by atoms with Gasteiger partial charge in [-0.3, -0.25) is 9.79 Å². The second-order valence-electron chi connectivity index (χ2n) is 6.12. The quantitative estimate of drug-likeness (QED) is 0.838. The number of carbonyl (C=O) groups is 1. The van der Waals surface area contributed by atoms with E-state index in [0.29, 0.717) is 28.8 Å². The van der Waals surface area contributed by atoms with Gasteiger partial charge in [0.1, 0.15) is 18.1 Å². The van der Waals surface area contributed by atoms with E-state index in [-0.39, 0.29) is 12.0 Å². The molecule has 0 aliphatic carbocycles. The maximum absolute atomic E-state index is 12.5. The number of amides is 1. The molecular formula is C20H22N2O3S. The van der Waals surface area contributed by atoms with E-state index in [9.17, 15) is 4.79 Å². The largest absolute Gasteiger partial charge is 0.491 e. The number of rotatable bonds is 6. The Kier molecular flexibility index (Phi) is 6.17. The summed E-state index contributed by atoms with van der Waals surface area (Å²) >= 11 is 1.55. The number of aliphatic imine (C=N–C) groups is 1. The smallest absolute Gasteiger partial charge is 0.257 e. The van der Waals surface area contributed by atoms with Crippen molar-refractivity contribution in [1.29, 1.82) is 0 Å². The molecule has 136 valence electrons. The second-order valence-corrected chi connectivity index (χ2v) is 7.21. The Morgan fingerprint density at radius 2 is 1.96 bits per heavy atom. The number of ether oxygens (including phenoxy) is 2. The Labute approximate surface area is 157 Å². The topological polar surface area (TPSA) is 59.9 Å². The zero-order valence-electron chi connectivity index (χ0n) is 14.9. The normalized spacial score (nSPS) is 13.4. The van der Waals surface area contributed by atoms with Crippen LogP contribution in [0.1, 0.15) is 29.8 Å². The number of nitrogens with one attached hydrogen (secondary N) is 1. The van der Waals surface area contributed by atoms with Gasteiger partial charge < -0.3 is 14.8 Å². The number of carbonyl (C=O) groups excluding carboxylic acids is 1. The molecule has 1 amide bonds. The number of thioether (sulfide) groups is 1. The van der Waals surface area contributed by atoms with Crippen LogP contribution in [-0.2, 0) is 6.61 Å². The summed E-state index contributed by atoms with van der Waals surface area (Å²) in [5.41, 5.74) is 1.55. The average molecular weight is 370 g/mol. The van der Waals surface area contributed by atoms with E-state index in [1.807, 2.05) is 50.2 Å². The van der Waals surface area contributed by atoms with Crippen molar-refractivity contribution < 1.29 is 14.3 Å². The lowest BCUT2D eigenvalue weighted by Gasteiger charge is -2.14. The van der Waals surface area contributed by atoms with Crippen molar-refractivity contribution >= 4 is 22.8 Å². The zero-order valence-corrected chi connectivity index (χ0v) is 15.7. The number of hydrogen-bond donors (Lipinski definition) is 1. The van der Waals surface area contributed by atoms with E-state index in [1.165, 1.54) is 0 Å². The molecule has 0 fully saturated rings. The van der Waals surface area contributed by atoms with Crippen molar-refractivity contribution in [2.45, 2.75) is 26.6 Å². The third kappa shape index (κ3) is 5.26. The van der Waals surface area contributed by atoms with E-state index in [0.717, 1.165) is 17.9 Å². The van der Waals surface area contributed by atoms with Crippen LogP contribution >= 0.6 is 11.8 Å². The minimum atomic E-state index is -0.211. The standard InChI is InChI=1S/C20H22N2O3S/c1-14(2)25-18-11-16(19(23)22-20-21-8-9-26-20)10-17(12-18)24-13-15-6-4-3-5-7-15/h3-7,10-12,14H,8-9,13H2,1-2H3,(H,21,22,23). The SMILES string of the molecule is CC(C)Oc1cc(OCc2ccccc2)cc(C(=O)NC2=NCCS2)c1. The Morgan fingerprint density at radius 1 is 1.19 bits per heavy atom. The first-order chi connectivity index (χ1) is 12.6. The highest BCUT2D eigenvalue weighted by atomic mass is 32.2. The van der Waals surface area contributed by atoms with Gasteiger partial charge >= 0.3 is 0 Å². The molecule has 2 aromatic rings. The minimum absolute atomic E-state index is 0.00467. The molecule has 3 rings (SSSR count). The molecule has 1 heterocycles. The average Bonchev–Trinajstić information content (AvgIpc) is 3.13. The number of amidine groups is 1. The molecule has 0 saturated heterocycles. The predicted octanol–water partition coefficient (Wildman–Crippen LogP) is 3.89. The molecule has 0 radical (unpaired) electrons. The van der Waals surface area contributed by atoms with E-state index in [4.69, 9.17) is 9.47 Å². The molecule has 1 aliphatic rings. The van der Waals surface area contributed by atoms with Crippen molar-refractivity contribution in [3.8, 4) is 11.5 Å². The fourth-order valence-electron chi connectivity index (χ4n) is 2.45. The first kappa shape index (κ1) is 18.3. The van der Waals surface area contributed by atoms with E-state index in [1.54, 1.807) is 23.9 Å². The Morgan fingerprint density at radius 3 is 2.65 bits per heavy atom. The van der Waals surface area contributed by atoms with E-state index >= 15 is 0 Å². The van der Waals surface area contributed by atoms with Crippen molar-refractivity contribution in [1.82, 2.24) is 5.32 Å². The van der Waals surface area contributed by atoms with Crippen LogP contribution in [0.15, 0.2) is 53.5 Å². The minimum Gasteiger partial charge on any atom is -0.491 e. The molecule has 0 saturated carbocycles. The van der Waals surface area contributed by atoms with Crippen LogP contribution in [0.4, 0.5) is 0 Å². The van der Waals surface area contributed by atoms with Gasteiger partial charge in [-0.2, -0.15) is 0 Å². The summed E-state index contributed by atoms with van der Waals surface area (Å²) in [5.74, 6) is 1.89. The Hall–Kier alpha value is -2.47. The van der Waals surface area contributed by atoms with Crippen LogP contribution in [0.2, 0.25) is 0 Å². The first-order valence-electron chi connectivity index (χ1n) is 8.57. The van der Waals surface area contributed by atoms with Gasteiger partial charge in [0.05, 0.1) is 12.6 Å². The molecule has 5 nitrogen and oxygen atoms in total. The molecule has 1 aliphatic heterocycles. The highest BCUT2D eigenvalue weighted by Gasteiger charge is 2.15. The van der Waals surface area contributed by atoms with Gasteiger partial charge in [0.25, 0.3) is 5.91 Å². The Bertz CT molecular complexity index is 791. The van der Waals surface area contributed by atoms with E-state index in [2.05, 4.69) is 10.3 Å². The van der Waals surface area contributed by atoms with Gasteiger partial charge in [0.15, 0.2) is 5.17 Å². The van der Waals surface area contributed by atoms with Gasteiger partial charge in [0, 0.05) is 17.4 Å². The van der Waals surface area contributed by atoms with Crippen molar-refractivity contribution in [3.63, 3.8) is 0 Å². The molecule has 0 aromatic heterocycles. The van der Waals surface area contributed by atoms with Crippen molar-refractivity contribution in [3.05, 3.63) is 59.7 Å². The molecule has 0 atom stereocenters. The van der Waals surface area contributed by atoms with E-state index < -0.39 is 0 Å². The molecule has 6 heteroatoms. The monoisotopic (exact) mass is 370 g/mol. The molecule has 0 spiro atoms. The van der Waals surface area contributed by atoms with Gasteiger partial charge in [-0.05, 0) is 31.5 Å². The fraction of sp³-hybridized carbons (Fsp3) is 0.300. The van der Waals surface area contributed by atoms with Crippen LogP contribution in [0.3, 0.4) is 0 Å². The third-order valence-corrected chi connectivity index (χ3v) is 4.46. The summed E-state index contributed by atoms with van der Waals surface area (Å²) < 4.78 is 11.7. The molecule has 2 aromatic carbocycles. The summed E-state index contributed by atoms with van der Waals surface area (Å²) in [4.78, 5) is 16.8. The molecule has 0 unspecified atom stereocenters. The molecule has 0 bridgehead atoms. The second kappa shape index (κ2) is 8.76. The van der Waals surface area contributed by atoms with Crippen LogP contribution in [0, 0.1) is 0 Å². The number of hydrogen-bond acceptors (Lipinski definition) is 5. The lowest BCUT2D eigenvalue weighted by Crippen LogP contribution is -2.27. The highest BCUT2D eigenvalue weighted by molar-refractivity contribution is 8.14. The van der Waals surface area contributed by atoms with Gasteiger partial charge in [0.2, 0.25) is 0 Å². The van der Waals surface area contributed by atoms with Crippen molar-refractivity contribution in [2.75, 3.05) is 12.3 Å². The lowest BCUT2D eigenvalue weighted by molar-refractivity contribution is 0.0976. The van der Waals surface area contributed by atoms with Crippen LogP contribution in [0.5, 0.6) is 11.5 Å². The maximum atomic E-state index is 12.5. The Balaban J connectivity index is 1.77. The maximum Gasteiger partial charge on any atom is 0.257 e. The predicted molar refractivity (Wildman–Crippen MR) is 105 cm³/mol. The summed E-state index contributed by atoms with van der Waals surface area (Å²) in [6.45, 7) is 5.06. The van der Waals surface area contributed by atoms with Crippen LogP contribution in [-0.4, -0.2) is 29.5 Å². The fourth-order valence-corrected chi connectivity index (χ4v) is 3.17. The summed E-state index contributed by atoms with van der Waals surface area (Å²) in [7, 11) is 0. The van der Waals surface area contributed by atoms with Crippen LogP contribution < -0.4 is 14.8 Å². The summed E-state index contributed by atoms with van der Waals surface area (Å²) in [5, 5.41) is 3.50. The number of benzene rings is 2. The lowest BCUT2D eigenvalue weighted by atomic mass is 10.2. The van der Waals surface area contributed by atoms with Crippen molar-refractivity contribution in [2.24, 2.45) is 4.99 Å². The van der Waals surface area contributed by atoms with Gasteiger partial charge in [-0.25, -0.2) is 0 Å². The van der Waals surface area contributed by atoms with Gasteiger partial charge in [-0.1, -0.05) is 42.1 Å². The summed E-state index contributed by atoms with van der Waals surface area (Å²) in [6.07, 6.45) is 0.00467. The first-order valence-corrected chi connectivity index (χ1v) is 9.56. The highest BCUT2D eigenvalue weighted by Crippen LogP contribution is 2.25. The zero-order chi connectivity index (χ0) is 18.4. The number of nitrogens with zero attached hydrogens (tertiary/aromatic N) is 1. The third-order valence-electron chi connectivity index (χ3n) is 3.57. The molecule has 26 heavy (non-hydrogen) atoms. The molecular weight excluding hydrogens is 348 g/mol. The van der Waals surface area contributed by atoms with Gasteiger partial charge in [-0.15, -0.1) is 0 Å². The van der Waals surface area contributed by atoms with Crippen LogP contribution in [0.25, 0.3) is 0 Å².